The molecule has 7 heteroatoms. The van der Waals surface area contributed by atoms with E-state index in [0.29, 0.717) is 16.3 Å². The van der Waals surface area contributed by atoms with E-state index < -0.39 is 11.7 Å². The lowest BCUT2D eigenvalue weighted by molar-refractivity contribution is -0.137. The van der Waals surface area contributed by atoms with Gasteiger partial charge < -0.3 is 0 Å². The van der Waals surface area contributed by atoms with Crippen LogP contribution in [0.4, 0.5) is 13.2 Å². The first-order valence-corrected chi connectivity index (χ1v) is 7.32. The summed E-state index contributed by atoms with van der Waals surface area (Å²) in [6.45, 7) is 0. The van der Waals surface area contributed by atoms with E-state index in [1.165, 1.54) is 6.07 Å². The lowest BCUT2D eigenvalue weighted by atomic mass is 10.1. The Morgan fingerprint density at radius 2 is 1.79 bits per heavy atom. The summed E-state index contributed by atoms with van der Waals surface area (Å²) >= 11 is 6.09. The van der Waals surface area contributed by atoms with E-state index in [4.69, 9.17) is 11.6 Å². The molecule has 0 atom stereocenters. The second-order valence-corrected chi connectivity index (χ2v) is 5.52. The zero-order valence-electron chi connectivity index (χ0n) is 12.2. The zero-order valence-corrected chi connectivity index (χ0v) is 12.9. The molecule has 0 unspecified atom stereocenters. The van der Waals surface area contributed by atoms with Gasteiger partial charge in [0.25, 0.3) is 0 Å². The molecule has 1 N–H and O–H groups in total. The van der Waals surface area contributed by atoms with Gasteiger partial charge in [0.1, 0.15) is 5.69 Å². The van der Waals surface area contributed by atoms with Crippen LogP contribution >= 0.6 is 11.6 Å². The monoisotopic (exact) mass is 349 g/mol. The number of nitrogens with zero attached hydrogens (tertiary/aromatic N) is 2. The van der Waals surface area contributed by atoms with Crippen LogP contribution in [0.5, 0.6) is 0 Å². The van der Waals surface area contributed by atoms with Crippen LogP contribution in [-0.2, 0) is 6.18 Å². The average molecular weight is 350 g/mol. The molecule has 0 saturated carbocycles. The second kappa shape index (κ2) is 6.49. The number of H-pyrrole nitrogens is 1. The number of nitrogens with one attached hydrogen (secondary N) is 1. The zero-order chi connectivity index (χ0) is 17.2. The summed E-state index contributed by atoms with van der Waals surface area (Å²) in [5.41, 5.74) is 1.91. The molecule has 0 bridgehead atoms. The van der Waals surface area contributed by atoms with Crippen molar-refractivity contribution in [2.45, 2.75) is 6.18 Å². The lowest BCUT2D eigenvalue weighted by Crippen LogP contribution is -2.04. The molecule has 0 saturated heterocycles. The minimum atomic E-state index is -4.36. The molecule has 122 valence electrons. The highest BCUT2D eigenvalue weighted by Gasteiger charge is 2.30. The normalized spacial score (nSPS) is 12.0. The molecule has 0 radical (unpaired) electrons. The van der Waals surface area contributed by atoms with E-state index in [1.807, 2.05) is 6.07 Å². The summed E-state index contributed by atoms with van der Waals surface area (Å²) in [4.78, 5) is 0. The minimum absolute atomic E-state index is 0.452. The van der Waals surface area contributed by atoms with Gasteiger partial charge in [-0.25, -0.2) is 0 Å². The SMILES string of the molecule is FC(F)(F)c1cccc(/C=C/c2cc(Cl)cc(-c3cn[nH]n3)c2)c1. The Morgan fingerprint density at radius 1 is 1.00 bits per heavy atom. The predicted molar refractivity (Wildman–Crippen MR) is 87.2 cm³/mol. The first kappa shape index (κ1) is 16.3. The molecule has 24 heavy (non-hydrogen) atoms. The van der Waals surface area contributed by atoms with Gasteiger partial charge >= 0.3 is 6.18 Å². The maximum absolute atomic E-state index is 12.7. The predicted octanol–water partition coefficient (Wildman–Crippen LogP) is 5.31. The van der Waals surface area contributed by atoms with Gasteiger partial charge in [0, 0.05) is 10.6 Å². The Bertz CT molecular complexity index is 871. The number of aromatic nitrogens is 3. The molecular formula is C17H11ClF3N3. The Kier molecular flexibility index (Phi) is 4.40. The van der Waals surface area contributed by atoms with Crippen molar-refractivity contribution < 1.29 is 13.2 Å². The molecule has 0 fully saturated rings. The van der Waals surface area contributed by atoms with Crippen LogP contribution in [0, 0.1) is 0 Å². The summed E-state index contributed by atoms with van der Waals surface area (Å²) in [6, 6.07) is 10.4. The largest absolute Gasteiger partial charge is 0.416 e. The molecule has 3 nitrogen and oxygen atoms in total. The van der Waals surface area contributed by atoms with Gasteiger partial charge in [-0.3, -0.25) is 0 Å². The maximum atomic E-state index is 12.7. The summed E-state index contributed by atoms with van der Waals surface area (Å²) in [5.74, 6) is 0. The maximum Gasteiger partial charge on any atom is 0.416 e. The first-order chi connectivity index (χ1) is 11.4. The summed E-state index contributed by atoms with van der Waals surface area (Å²) in [6.07, 6.45) is 0.504. The van der Waals surface area contributed by atoms with Gasteiger partial charge in [0.2, 0.25) is 0 Å². The fraction of sp³-hybridized carbons (Fsp3) is 0.0588. The molecule has 3 aromatic rings. The van der Waals surface area contributed by atoms with Crippen LogP contribution in [0.2, 0.25) is 5.02 Å². The fourth-order valence-corrected chi connectivity index (χ4v) is 2.45. The number of alkyl halides is 3. The Balaban J connectivity index is 1.90. The van der Waals surface area contributed by atoms with Crippen molar-refractivity contribution in [2.24, 2.45) is 0 Å². The lowest BCUT2D eigenvalue weighted by Gasteiger charge is -2.06. The van der Waals surface area contributed by atoms with Gasteiger partial charge in [-0.1, -0.05) is 35.9 Å². The standard InChI is InChI=1S/C17H11ClF3N3/c18-15-8-12(6-13(9-15)16-10-22-24-23-16)5-4-11-2-1-3-14(7-11)17(19,20)21/h1-10H,(H,22,23,24)/b5-4+. The third-order valence-electron chi connectivity index (χ3n) is 3.31. The summed E-state index contributed by atoms with van der Waals surface area (Å²) < 4.78 is 38.2. The quantitative estimate of drug-likeness (QED) is 0.651. The molecule has 2 aromatic carbocycles. The highest BCUT2D eigenvalue weighted by Crippen LogP contribution is 2.30. The van der Waals surface area contributed by atoms with Crippen LogP contribution in [0.15, 0.2) is 48.7 Å². The van der Waals surface area contributed by atoms with Gasteiger partial charge in [-0.2, -0.15) is 28.6 Å². The molecule has 1 heterocycles. The van der Waals surface area contributed by atoms with Crippen LogP contribution < -0.4 is 0 Å². The van der Waals surface area contributed by atoms with Gasteiger partial charge in [0.05, 0.1) is 11.8 Å². The number of hydrogen-bond acceptors (Lipinski definition) is 2. The molecule has 0 amide bonds. The van der Waals surface area contributed by atoms with Crippen molar-refractivity contribution in [1.29, 1.82) is 0 Å². The fourth-order valence-electron chi connectivity index (χ4n) is 2.21. The molecule has 0 aliphatic carbocycles. The number of hydrogen-bond donors (Lipinski definition) is 1. The van der Waals surface area contributed by atoms with Gasteiger partial charge in [0.15, 0.2) is 0 Å². The van der Waals surface area contributed by atoms with Crippen molar-refractivity contribution in [2.75, 3.05) is 0 Å². The van der Waals surface area contributed by atoms with Crippen LogP contribution in [0.25, 0.3) is 23.4 Å². The highest BCUT2D eigenvalue weighted by atomic mass is 35.5. The van der Waals surface area contributed by atoms with Crippen LogP contribution in [-0.4, -0.2) is 15.4 Å². The summed E-state index contributed by atoms with van der Waals surface area (Å²) in [7, 11) is 0. The second-order valence-electron chi connectivity index (χ2n) is 5.09. The molecule has 0 aliphatic heterocycles. The van der Waals surface area contributed by atoms with Crippen molar-refractivity contribution in [3.63, 3.8) is 0 Å². The van der Waals surface area contributed by atoms with Crippen molar-refractivity contribution in [1.82, 2.24) is 15.4 Å². The van der Waals surface area contributed by atoms with Gasteiger partial charge in [-0.05, 0) is 41.5 Å². The van der Waals surface area contributed by atoms with Crippen LogP contribution in [0.1, 0.15) is 16.7 Å². The smallest absolute Gasteiger partial charge is 0.197 e. The van der Waals surface area contributed by atoms with Crippen molar-refractivity contribution >= 4 is 23.8 Å². The molecule has 0 aliphatic rings. The molecule has 3 rings (SSSR count). The van der Waals surface area contributed by atoms with Crippen molar-refractivity contribution in [3.8, 4) is 11.3 Å². The van der Waals surface area contributed by atoms with Crippen molar-refractivity contribution in [3.05, 3.63) is 70.4 Å². The molecule has 0 spiro atoms. The first-order valence-electron chi connectivity index (χ1n) is 6.94. The average Bonchev–Trinajstić information content (AvgIpc) is 3.06. The van der Waals surface area contributed by atoms with E-state index in [2.05, 4.69) is 15.4 Å². The van der Waals surface area contributed by atoms with E-state index in [1.54, 1.807) is 36.5 Å². The Labute approximate surface area is 140 Å². The van der Waals surface area contributed by atoms with Gasteiger partial charge in [-0.15, -0.1) is 0 Å². The van der Waals surface area contributed by atoms with E-state index in [0.717, 1.165) is 23.3 Å². The summed E-state index contributed by atoms with van der Waals surface area (Å²) in [5, 5.41) is 10.7. The minimum Gasteiger partial charge on any atom is -0.197 e. The molecule has 1 aromatic heterocycles. The highest BCUT2D eigenvalue weighted by molar-refractivity contribution is 6.31. The van der Waals surface area contributed by atoms with E-state index in [9.17, 15) is 13.2 Å². The third kappa shape index (κ3) is 3.83. The number of aromatic amines is 1. The number of rotatable bonds is 3. The third-order valence-corrected chi connectivity index (χ3v) is 3.53. The Morgan fingerprint density at radius 3 is 2.50 bits per heavy atom. The molecular weight excluding hydrogens is 339 g/mol. The Hall–Kier alpha value is -2.60. The number of halogens is 4. The number of benzene rings is 2. The topological polar surface area (TPSA) is 41.6 Å². The van der Waals surface area contributed by atoms with E-state index in [-0.39, 0.29) is 0 Å². The van der Waals surface area contributed by atoms with Crippen LogP contribution in [0.3, 0.4) is 0 Å². The van der Waals surface area contributed by atoms with E-state index >= 15 is 0 Å².